The summed E-state index contributed by atoms with van der Waals surface area (Å²) in [5, 5.41) is 7.21. The molecule has 0 saturated carbocycles. The number of nitrogens with zero attached hydrogens (tertiary/aromatic N) is 4. The Morgan fingerprint density at radius 3 is 2.51 bits per heavy atom. The molecule has 1 amide bonds. The zero-order chi connectivity index (χ0) is 27.4. The number of para-hydroxylation sites is 1. The van der Waals surface area contributed by atoms with Crippen LogP contribution in [0.1, 0.15) is 42.4 Å². The fourth-order valence-electron chi connectivity index (χ4n) is 5.13. The van der Waals surface area contributed by atoms with E-state index in [1.165, 1.54) is 0 Å². The van der Waals surface area contributed by atoms with Crippen LogP contribution in [-0.2, 0) is 11.2 Å². The van der Waals surface area contributed by atoms with Crippen molar-refractivity contribution < 1.29 is 4.79 Å². The zero-order valence-electron chi connectivity index (χ0n) is 22.5. The SMILES string of the molecule is CCc1ccccc1NC(=O)CCN1C(=S)N[C@@H](c2ccccn2)[C@H]1c1cccn1-c1ccc(N(C)C)cc1. The Labute approximate surface area is 235 Å². The summed E-state index contributed by atoms with van der Waals surface area (Å²) in [4.78, 5) is 21.9. The highest BCUT2D eigenvalue weighted by Crippen LogP contribution is 2.39. The summed E-state index contributed by atoms with van der Waals surface area (Å²) in [5.74, 6) is -0.0339. The number of hydrogen-bond acceptors (Lipinski definition) is 4. The van der Waals surface area contributed by atoms with Gasteiger partial charge in [0, 0.05) is 62.2 Å². The molecule has 39 heavy (non-hydrogen) atoms. The molecule has 4 aromatic rings. The second kappa shape index (κ2) is 11.7. The van der Waals surface area contributed by atoms with Crippen LogP contribution in [-0.4, -0.2) is 46.1 Å². The van der Waals surface area contributed by atoms with Gasteiger partial charge in [0.05, 0.1) is 17.8 Å². The first-order chi connectivity index (χ1) is 19.0. The molecule has 2 atom stereocenters. The number of rotatable bonds is 9. The summed E-state index contributed by atoms with van der Waals surface area (Å²) >= 11 is 5.84. The predicted molar refractivity (Wildman–Crippen MR) is 161 cm³/mol. The molecule has 0 aliphatic carbocycles. The van der Waals surface area contributed by atoms with Crippen molar-refractivity contribution in [2.75, 3.05) is 30.9 Å². The van der Waals surface area contributed by atoms with Crippen molar-refractivity contribution in [2.24, 2.45) is 0 Å². The van der Waals surface area contributed by atoms with E-state index < -0.39 is 0 Å². The summed E-state index contributed by atoms with van der Waals surface area (Å²) in [7, 11) is 4.07. The molecular formula is C31H34N6OS. The lowest BCUT2D eigenvalue weighted by Gasteiger charge is -2.29. The average Bonchev–Trinajstić information content (AvgIpc) is 3.57. The van der Waals surface area contributed by atoms with E-state index in [1.807, 2.05) is 56.6 Å². The number of nitrogens with one attached hydrogen (secondary N) is 2. The molecule has 1 aliphatic rings. The molecule has 2 aromatic carbocycles. The van der Waals surface area contributed by atoms with Gasteiger partial charge in [0.25, 0.3) is 0 Å². The zero-order valence-corrected chi connectivity index (χ0v) is 23.4. The van der Waals surface area contributed by atoms with Crippen molar-refractivity contribution in [2.45, 2.75) is 31.8 Å². The standard InChI is InChI=1S/C31H34N6OS/c1-4-22-10-5-6-11-25(22)33-28(38)18-21-37-30(29(34-31(37)39)26-12-7-8-19-32-26)27-13-9-20-36(27)24-16-14-23(15-17-24)35(2)3/h5-17,19-20,29-30H,4,18,21H2,1-3H3,(H,33,38)(H,34,39)/t29-,30+/m0/s1. The highest BCUT2D eigenvalue weighted by Gasteiger charge is 2.41. The summed E-state index contributed by atoms with van der Waals surface area (Å²) < 4.78 is 2.19. The molecule has 0 bridgehead atoms. The Morgan fingerprint density at radius 1 is 1.03 bits per heavy atom. The normalized spacial score (nSPS) is 16.7. The van der Waals surface area contributed by atoms with Crippen LogP contribution in [0.3, 0.4) is 0 Å². The van der Waals surface area contributed by atoms with Gasteiger partial charge in [0.1, 0.15) is 0 Å². The first-order valence-electron chi connectivity index (χ1n) is 13.3. The number of pyridine rings is 1. The van der Waals surface area contributed by atoms with Crippen molar-refractivity contribution in [1.82, 2.24) is 19.8 Å². The quantitative estimate of drug-likeness (QED) is 0.274. The van der Waals surface area contributed by atoms with Crippen molar-refractivity contribution in [1.29, 1.82) is 0 Å². The monoisotopic (exact) mass is 538 g/mol. The topological polar surface area (TPSA) is 65.4 Å². The molecule has 3 heterocycles. The maximum atomic E-state index is 13.0. The number of anilines is 2. The largest absolute Gasteiger partial charge is 0.378 e. The van der Waals surface area contributed by atoms with E-state index in [4.69, 9.17) is 12.2 Å². The molecule has 5 rings (SSSR count). The first-order valence-corrected chi connectivity index (χ1v) is 13.7. The van der Waals surface area contributed by atoms with Gasteiger partial charge in [-0.15, -0.1) is 0 Å². The van der Waals surface area contributed by atoms with Gasteiger partial charge in [0.2, 0.25) is 5.91 Å². The summed E-state index contributed by atoms with van der Waals surface area (Å²) in [6.45, 7) is 2.57. The number of carbonyl (C=O) groups excluding carboxylic acids is 1. The Morgan fingerprint density at radius 2 is 1.79 bits per heavy atom. The lowest BCUT2D eigenvalue weighted by molar-refractivity contribution is -0.116. The maximum absolute atomic E-state index is 13.0. The molecule has 7 nitrogen and oxygen atoms in total. The third-order valence-corrected chi connectivity index (χ3v) is 7.53. The van der Waals surface area contributed by atoms with Gasteiger partial charge >= 0.3 is 0 Å². The van der Waals surface area contributed by atoms with E-state index in [-0.39, 0.29) is 18.0 Å². The van der Waals surface area contributed by atoms with Crippen LogP contribution in [0, 0.1) is 0 Å². The predicted octanol–water partition coefficient (Wildman–Crippen LogP) is 5.50. The average molecular weight is 539 g/mol. The summed E-state index contributed by atoms with van der Waals surface area (Å²) in [6, 6.07) is 26.2. The number of aromatic nitrogens is 2. The Bertz CT molecular complexity index is 1430. The number of thiocarbonyl (C=S) groups is 1. The fraction of sp³-hybridized carbons (Fsp3) is 0.258. The van der Waals surface area contributed by atoms with Crippen LogP contribution < -0.4 is 15.5 Å². The molecule has 0 unspecified atom stereocenters. The number of carbonyl (C=O) groups is 1. The molecule has 1 saturated heterocycles. The number of hydrogen-bond donors (Lipinski definition) is 2. The van der Waals surface area contributed by atoms with Gasteiger partial charge in [-0.3, -0.25) is 9.78 Å². The second-order valence-corrected chi connectivity index (χ2v) is 10.2. The van der Waals surface area contributed by atoms with E-state index in [9.17, 15) is 4.79 Å². The first kappa shape index (κ1) is 26.4. The van der Waals surface area contributed by atoms with Crippen molar-refractivity contribution in [3.05, 3.63) is 108 Å². The van der Waals surface area contributed by atoms with Crippen molar-refractivity contribution >= 4 is 34.6 Å². The third kappa shape index (κ3) is 5.66. The van der Waals surface area contributed by atoms with Gasteiger partial charge in [-0.2, -0.15) is 0 Å². The lowest BCUT2D eigenvalue weighted by Crippen LogP contribution is -2.33. The minimum Gasteiger partial charge on any atom is -0.378 e. The summed E-state index contributed by atoms with van der Waals surface area (Å²) in [6.07, 6.45) is 5.04. The fourth-order valence-corrected chi connectivity index (χ4v) is 5.47. The van der Waals surface area contributed by atoms with Crippen LogP contribution in [0.15, 0.2) is 91.3 Å². The smallest absolute Gasteiger partial charge is 0.226 e. The molecule has 2 N–H and O–H groups in total. The Kier molecular flexibility index (Phi) is 7.93. The number of aryl methyl sites for hydroxylation is 1. The molecule has 200 valence electrons. The maximum Gasteiger partial charge on any atom is 0.226 e. The minimum absolute atomic E-state index is 0.0339. The van der Waals surface area contributed by atoms with Crippen LogP contribution in [0.4, 0.5) is 11.4 Å². The van der Waals surface area contributed by atoms with Crippen LogP contribution in [0.25, 0.3) is 5.69 Å². The minimum atomic E-state index is -0.155. The molecule has 0 spiro atoms. The van der Waals surface area contributed by atoms with Gasteiger partial charge in [-0.1, -0.05) is 31.2 Å². The highest BCUT2D eigenvalue weighted by molar-refractivity contribution is 7.80. The van der Waals surface area contributed by atoms with Crippen LogP contribution in [0.5, 0.6) is 0 Å². The molecule has 1 fully saturated rings. The lowest BCUT2D eigenvalue weighted by atomic mass is 10.0. The molecule has 8 heteroatoms. The second-order valence-electron chi connectivity index (χ2n) is 9.84. The van der Waals surface area contributed by atoms with Crippen molar-refractivity contribution in [3.8, 4) is 5.69 Å². The van der Waals surface area contributed by atoms with E-state index in [2.05, 4.69) is 79.5 Å². The van der Waals surface area contributed by atoms with Crippen LogP contribution >= 0.6 is 12.2 Å². The molecule has 1 aliphatic heterocycles. The van der Waals surface area contributed by atoms with Gasteiger partial charge in [0.15, 0.2) is 5.11 Å². The van der Waals surface area contributed by atoms with Crippen LogP contribution in [0.2, 0.25) is 0 Å². The van der Waals surface area contributed by atoms with Gasteiger partial charge in [-0.25, -0.2) is 0 Å². The Hall–Kier alpha value is -4.17. The highest BCUT2D eigenvalue weighted by atomic mass is 32.1. The van der Waals surface area contributed by atoms with Gasteiger partial charge in [-0.05, 0) is 78.8 Å². The van der Waals surface area contributed by atoms with E-state index in [0.717, 1.165) is 40.4 Å². The number of amides is 1. The van der Waals surface area contributed by atoms with Crippen molar-refractivity contribution in [3.63, 3.8) is 0 Å². The van der Waals surface area contributed by atoms with Gasteiger partial charge < -0.3 is 25.0 Å². The van der Waals surface area contributed by atoms with E-state index in [1.54, 1.807) is 6.20 Å². The molecule has 0 radical (unpaired) electrons. The number of benzene rings is 2. The third-order valence-electron chi connectivity index (χ3n) is 7.18. The Balaban J connectivity index is 1.43. The van der Waals surface area contributed by atoms with E-state index in [0.29, 0.717) is 18.1 Å². The molecule has 2 aromatic heterocycles. The summed E-state index contributed by atoms with van der Waals surface area (Å²) in [5.41, 5.74) is 6.17. The molecular weight excluding hydrogens is 504 g/mol. The van der Waals surface area contributed by atoms with E-state index >= 15 is 0 Å².